The SMILES string of the molecule is NC(=O)c1ncn(C2CCCN(c3nccc4occc34)C2)n1. The van der Waals surface area contributed by atoms with Gasteiger partial charge in [0, 0.05) is 19.3 Å². The molecule has 1 atom stereocenters. The number of carbonyl (C=O) groups is 1. The fraction of sp³-hybridized carbons (Fsp3) is 0.333. The molecule has 4 heterocycles. The fourth-order valence-corrected chi connectivity index (χ4v) is 3.06. The summed E-state index contributed by atoms with van der Waals surface area (Å²) in [4.78, 5) is 21.8. The number of pyridine rings is 1. The summed E-state index contributed by atoms with van der Waals surface area (Å²) in [5.74, 6) is 0.356. The molecule has 1 aliphatic rings. The van der Waals surface area contributed by atoms with Gasteiger partial charge in [-0.1, -0.05) is 0 Å². The number of rotatable bonds is 3. The van der Waals surface area contributed by atoms with Crippen LogP contribution in [0, 0.1) is 0 Å². The Morgan fingerprint density at radius 3 is 3.09 bits per heavy atom. The van der Waals surface area contributed by atoms with Crippen molar-refractivity contribution in [2.45, 2.75) is 18.9 Å². The molecule has 0 saturated carbocycles. The van der Waals surface area contributed by atoms with Gasteiger partial charge in [0.2, 0.25) is 5.82 Å². The predicted molar refractivity (Wildman–Crippen MR) is 83.0 cm³/mol. The number of hydrogen-bond acceptors (Lipinski definition) is 6. The van der Waals surface area contributed by atoms with E-state index in [0.29, 0.717) is 0 Å². The second-order valence-electron chi connectivity index (χ2n) is 5.62. The van der Waals surface area contributed by atoms with E-state index in [4.69, 9.17) is 10.2 Å². The smallest absolute Gasteiger partial charge is 0.288 e. The first kappa shape index (κ1) is 13.7. The molecule has 0 aromatic carbocycles. The Morgan fingerprint density at radius 2 is 2.26 bits per heavy atom. The van der Waals surface area contributed by atoms with E-state index < -0.39 is 5.91 Å². The van der Waals surface area contributed by atoms with Gasteiger partial charge in [0.05, 0.1) is 17.7 Å². The number of hydrogen-bond donors (Lipinski definition) is 1. The summed E-state index contributed by atoms with van der Waals surface area (Å²) < 4.78 is 7.17. The highest BCUT2D eigenvalue weighted by molar-refractivity contribution is 5.89. The third-order valence-corrected chi connectivity index (χ3v) is 4.16. The van der Waals surface area contributed by atoms with Gasteiger partial charge >= 0.3 is 0 Å². The molecule has 1 amide bonds. The molecule has 0 radical (unpaired) electrons. The molecule has 0 aliphatic carbocycles. The zero-order valence-corrected chi connectivity index (χ0v) is 12.4. The molecule has 118 valence electrons. The molecule has 3 aromatic heterocycles. The predicted octanol–water partition coefficient (Wildman–Crippen LogP) is 1.36. The normalized spacial score (nSPS) is 18.4. The van der Waals surface area contributed by atoms with Crippen LogP contribution in [0.3, 0.4) is 0 Å². The minimum Gasteiger partial charge on any atom is -0.464 e. The summed E-state index contributed by atoms with van der Waals surface area (Å²) >= 11 is 0. The van der Waals surface area contributed by atoms with Crippen LogP contribution < -0.4 is 10.6 Å². The molecule has 1 aliphatic heterocycles. The van der Waals surface area contributed by atoms with E-state index in [1.165, 1.54) is 0 Å². The van der Waals surface area contributed by atoms with Crippen LogP contribution >= 0.6 is 0 Å². The Labute approximate surface area is 131 Å². The zero-order chi connectivity index (χ0) is 15.8. The van der Waals surface area contributed by atoms with E-state index in [2.05, 4.69) is 20.0 Å². The van der Waals surface area contributed by atoms with Crippen LogP contribution in [0.2, 0.25) is 0 Å². The average molecular weight is 312 g/mol. The van der Waals surface area contributed by atoms with Gasteiger partial charge in [-0.15, -0.1) is 5.10 Å². The molecule has 8 nitrogen and oxygen atoms in total. The van der Waals surface area contributed by atoms with E-state index in [-0.39, 0.29) is 11.9 Å². The summed E-state index contributed by atoms with van der Waals surface area (Å²) in [5.41, 5.74) is 6.04. The first-order valence-electron chi connectivity index (χ1n) is 7.50. The highest BCUT2D eigenvalue weighted by atomic mass is 16.3. The highest BCUT2D eigenvalue weighted by Crippen LogP contribution is 2.30. The third kappa shape index (κ3) is 2.41. The molecule has 4 rings (SSSR count). The van der Waals surface area contributed by atoms with E-state index >= 15 is 0 Å². The van der Waals surface area contributed by atoms with Crippen LogP contribution in [0.4, 0.5) is 5.82 Å². The highest BCUT2D eigenvalue weighted by Gasteiger charge is 2.25. The minimum atomic E-state index is -0.610. The van der Waals surface area contributed by atoms with Crippen molar-refractivity contribution in [3.05, 3.63) is 36.7 Å². The first-order chi connectivity index (χ1) is 11.2. The van der Waals surface area contributed by atoms with Crippen LogP contribution in [0.25, 0.3) is 11.0 Å². The van der Waals surface area contributed by atoms with Gasteiger partial charge < -0.3 is 15.1 Å². The number of piperidine rings is 1. The number of nitrogens with two attached hydrogens (primary N) is 1. The number of anilines is 1. The fourth-order valence-electron chi connectivity index (χ4n) is 3.06. The molecule has 1 saturated heterocycles. The van der Waals surface area contributed by atoms with Crippen molar-refractivity contribution in [3.8, 4) is 0 Å². The number of aromatic nitrogens is 4. The second kappa shape index (κ2) is 5.38. The van der Waals surface area contributed by atoms with Crippen molar-refractivity contribution in [1.82, 2.24) is 19.7 Å². The molecule has 1 fully saturated rings. The van der Waals surface area contributed by atoms with Crippen LogP contribution in [-0.2, 0) is 0 Å². The monoisotopic (exact) mass is 312 g/mol. The van der Waals surface area contributed by atoms with Crippen LogP contribution in [-0.4, -0.2) is 38.7 Å². The second-order valence-corrected chi connectivity index (χ2v) is 5.62. The number of carbonyl (C=O) groups excluding carboxylic acids is 1. The summed E-state index contributed by atoms with van der Waals surface area (Å²) in [6.45, 7) is 1.67. The van der Waals surface area contributed by atoms with Gasteiger partial charge in [0.1, 0.15) is 17.7 Å². The van der Waals surface area contributed by atoms with Crippen molar-refractivity contribution < 1.29 is 9.21 Å². The number of fused-ring (bicyclic) bond motifs is 1. The van der Waals surface area contributed by atoms with Crippen molar-refractivity contribution in [3.63, 3.8) is 0 Å². The molecule has 2 N–H and O–H groups in total. The Morgan fingerprint density at radius 1 is 1.35 bits per heavy atom. The summed E-state index contributed by atoms with van der Waals surface area (Å²) in [7, 11) is 0. The van der Waals surface area contributed by atoms with Crippen LogP contribution in [0.1, 0.15) is 29.5 Å². The lowest BCUT2D eigenvalue weighted by Crippen LogP contribution is -2.37. The number of primary amides is 1. The largest absolute Gasteiger partial charge is 0.464 e. The van der Waals surface area contributed by atoms with Gasteiger partial charge in [0.15, 0.2) is 0 Å². The lowest BCUT2D eigenvalue weighted by molar-refractivity contribution is 0.0990. The van der Waals surface area contributed by atoms with E-state index in [1.54, 1.807) is 23.5 Å². The van der Waals surface area contributed by atoms with Gasteiger partial charge in [-0.2, -0.15) is 0 Å². The maximum absolute atomic E-state index is 11.2. The Hall–Kier alpha value is -2.90. The average Bonchev–Trinajstić information content (AvgIpc) is 3.24. The zero-order valence-electron chi connectivity index (χ0n) is 12.4. The molecule has 3 aromatic rings. The number of amides is 1. The number of nitrogens with zero attached hydrogens (tertiary/aromatic N) is 5. The van der Waals surface area contributed by atoms with E-state index in [1.807, 2.05) is 12.1 Å². The van der Waals surface area contributed by atoms with Crippen molar-refractivity contribution in [1.29, 1.82) is 0 Å². The summed E-state index contributed by atoms with van der Waals surface area (Å²) in [6, 6.07) is 3.92. The topological polar surface area (TPSA) is 103 Å². The Bertz CT molecular complexity index is 854. The molecule has 8 heteroatoms. The van der Waals surface area contributed by atoms with Crippen molar-refractivity contribution >= 4 is 22.7 Å². The van der Waals surface area contributed by atoms with E-state index in [9.17, 15) is 4.79 Å². The lowest BCUT2D eigenvalue weighted by Gasteiger charge is -2.33. The molecule has 0 bridgehead atoms. The summed E-state index contributed by atoms with van der Waals surface area (Å²) in [5, 5.41) is 5.18. The molecular weight excluding hydrogens is 296 g/mol. The first-order valence-corrected chi connectivity index (χ1v) is 7.50. The van der Waals surface area contributed by atoms with Crippen LogP contribution in [0.5, 0.6) is 0 Å². The van der Waals surface area contributed by atoms with Crippen molar-refractivity contribution in [2.75, 3.05) is 18.0 Å². The molecule has 1 unspecified atom stereocenters. The van der Waals surface area contributed by atoms with Gasteiger partial charge in [-0.05, 0) is 25.0 Å². The van der Waals surface area contributed by atoms with Gasteiger partial charge in [-0.3, -0.25) is 4.79 Å². The van der Waals surface area contributed by atoms with Crippen LogP contribution in [0.15, 0.2) is 35.3 Å². The molecular formula is C15H16N6O2. The number of furan rings is 1. The van der Waals surface area contributed by atoms with Crippen molar-refractivity contribution in [2.24, 2.45) is 5.73 Å². The lowest BCUT2D eigenvalue weighted by atomic mass is 10.1. The van der Waals surface area contributed by atoms with Gasteiger partial charge in [-0.25, -0.2) is 14.6 Å². The van der Waals surface area contributed by atoms with E-state index in [0.717, 1.165) is 42.7 Å². The maximum Gasteiger partial charge on any atom is 0.288 e. The molecule has 23 heavy (non-hydrogen) atoms. The Kier molecular flexibility index (Phi) is 3.22. The Balaban J connectivity index is 1.61. The quantitative estimate of drug-likeness (QED) is 0.783. The minimum absolute atomic E-state index is 0.0529. The third-order valence-electron chi connectivity index (χ3n) is 4.16. The van der Waals surface area contributed by atoms with Gasteiger partial charge in [0.25, 0.3) is 5.91 Å². The standard InChI is InChI=1S/C15H16N6O2/c16-13(22)14-18-9-21(19-14)10-2-1-6-20(8-10)15-11-4-7-23-12(11)3-5-17-15/h3-5,7,9-10H,1-2,6,8H2,(H2,16,22). The molecule has 0 spiro atoms. The summed E-state index contributed by atoms with van der Waals surface area (Å²) in [6.07, 6.45) is 6.98. The maximum atomic E-state index is 11.2.